The van der Waals surface area contributed by atoms with E-state index in [2.05, 4.69) is 5.32 Å². The molecule has 1 amide bonds. The number of halogens is 2. The van der Waals surface area contributed by atoms with Crippen molar-refractivity contribution in [2.75, 3.05) is 0 Å². The Labute approximate surface area is 97.1 Å². The highest BCUT2D eigenvalue weighted by atomic mass is 19.1. The van der Waals surface area contributed by atoms with E-state index >= 15 is 0 Å². The number of carbonyl (C=O) groups is 1. The molecular weight excluding hydrogens is 226 g/mol. The van der Waals surface area contributed by atoms with E-state index in [1.54, 1.807) is 6.07 Å². The second-order valence-electron chi connectivity index (χ2n) is 4.09. The summed E-state index contributed by atoms with van der Waals surface area (Å²) in [6.45, 7) is 0. The molecular formula is C12H10F2N2O. The third-order valence-corrected chi connectivity index (χ3v) is 2.82. The lowest BCUT2D eigenvalue weighted by atomic mass is 10.0. The Hall–Kier alpha value is -1.96. The van der Waals surface area contributed by atoms with Crippen molar-refractivity contribution in [2.45, 2.75) is 24.8 Å². The number of nitriles is 1. The number of hydrogen-bond acceptors (Lipinski definition) is 2. The minimum absolute atomic E-state index is 0.259. The van der Waals surface area contributed by atoms with Crippen molar-refractivity contribution in [3.05, 3.63) is 35.4 Å². The van der Waals surface area contributed by atoms with Gasteiger partial charge in [0.05, 0.1) is 11.6 Å². The van der Waals surface area contributed by atoms with Crippen LogP contribution in [0.1, 0.15) is 24.8 Å². The molecule has 1 aromatic rings. The predicted molar refractivity (Wildman–Crippen MR) is 55.6 cm³/mol. The maximum absolute atomic E-state index is 13.6. The average molecular weight is 236 g/mol. The van der Waals surface area contributed by atoms with Gasteiger partial charge in [0, 0.05) is 11.6 Å². The summed E-state index contributed by atoms with van der Waals surface area (Å²) >= 11 is 0. The van der Waals surface area contributed by atoms with E-state index < -0.39 is 23.1 Å². The first-order valence-electron chi connectivity index (χ1n) is 5.21. The fraction of sp³-hybridized carbons (Fsp3) is 0.333. The van der Waals surface area contributed by atoms with Crippen LogP contribution in [0, 0.1) is 23.0 Å². The first-order valence-corrected chi connectivity index (χ1v) is 5.21. The Morgan fingerprint density at radius 1 is 1.47 bits per heavy atom. The summed E-state index contributed by atoms with van der Waals surface area (Å²) < 4.78 is 26.3. The Kier molecular flexibility index (Phi) is 2.80. The van der Waals surface area contributed by atoms with Crippen LogP contribution in [-0.2, 0) is 10.3 Å². The SMILES string of the molecule is N#CCC(=O)NC1(c2ccc(F)cc2F)CC1. The van der Waals surface area contributed by atoms with E-state index in [1.807, 2.05) is 0 Å². The van der Waals surface area contributed by atoms with Crippen LogP contribution in [-0.4, -0.2) is 5.91 Å². The molecule has 88 valence electrons. The van der Waals surface area contributed by atoms with Gasteiger partial charge in [-0.25, -0.2) is 8.78 Å². The Morgan fingerprint density at radius 3 is 2.71 bits per heavy atom. The standard InChI is InChI=1S/C12H10F2N2O/c13-8-1-2-9(10(14)7-8)12(4-5-12)16-11(17)3-6-15/h1-2,7H,3-5H2,(H,16,17). The lowest BCUT2D eigenvalue weighted by Crippen LogP contribution is -2.35. The molecule has 0 heterocycles. The van der Waals surface area contributed by atoms with Gasteiger partial charge in [-0.3, -0.25) is 4.79 Å². The molecule has 5 heteroatoms. The number of amides is 1. The van der Waals surface area contributed by atoms with E-state index in [-0.39, 0.29) is 12.0 Å². The molecule has 0 unspecified atom stereocenters. The van der Waals surface area contributed by atoms with Gasteiger partial charge in [-0.05, 0) is 18.9 Å². The lowest BCUT2D eigenvalue weighted by molar-refractivity contribution is -0.121. The van der Waals surface area contributed by atoms with Crippen molar-refractivity contribution < 1.29 is 13.6 Å². The highest BCUT2D eigenvalue weighted by Crippen LogP contribution is 2.46. The minimum Gasteiger partial charge on any atom is -0.346 e. The van der Waals surface area contributed by atoms with Gasteiger partial charge in [0.15, 0.2) is 0 Å². The minimum atomic E-state index is -0.744. The molecule has 0 spiro atoms. The van der Waals surface area contributed by atoms with Gasteiger partial charge >= 0.3 is 0 Å². The van der Waals surface area contributed by atoms with Crippen LogP contribution in [0.15, 0.2) is 18.2 Å². The number of nitrogens with one attached hydrogen (secondary N) is 1. The maximum atomic E-state index is 13.6. The smallest absolute Gasteiger partial charge is 0.234 e. The number of benzene rings is 1. The quantitative estimate of drug-likeness (QED) is 0.872. The topological polar surface area (TPSA) is 52.9 Å². The van der Waals surface area contributed by atoms with Crippen molar-refractivity contribution in [2.24, 2.45) is 0 Å². The van der Waals surface area contributed by atoms with Crippen LogP contribution in [0.5, 0.6) is 0 Å². The number of carbonyl (C=O) groups excluding carboxylic acids is 1. The summed E-state index contributed by atoms with van der Waals surface area (Å²) in [5.41, 5.74) is -0.462. The van der Waals surface area contributed by atoms with Gasteiger partial charge in [0.2, 0.25) is 5.91 Å². The number of rotatable bonds is 3. The molecule has 1 saturated carbocycles. The molecule has 1 fully saturated rings. The second kappa shape index (κ2) is 4.13. The van der Waals surface area contributed by atoms with Crippen LogP contribution < -0.4 is 5.32 Å². The van der Waals surface area contributed by atoms with Gasteiger partial charge in [-0.2, -0.15) is 5.26 Å². The zero-order valence-electron chi connectivity index (χ0n) is 8.96. The summed E-state index contributed by atoms with van der Waals surface area (Å²) in [4.78, 5) is 11.3. The largest absolute Gasteiger partial charge is 0.346 e. The van der Waals surface area contributed by atoms with E-state index in [9.17, 15) is 13.6 Å². The van der Waals surface area contributed by atoms with Crippen molar-refractivity contribution in [1.82, 2.24) is 5.32 Å². The highest BCUT2D eigenvalue weighted by molar-refractivity contribution is 5.79. The van der Waals surface area contributed by atoms with Gasteiger partial charge in [-0.15, -0.1) is 0 Å². The molecule has 0 saturated heterocycles. The summed E-state index contributed by atoms with van der Waals surface area (Å²) in [5.74, 6) is -1.75. The van der Waals surface area contributed by atoms with Crippen LogP contribution in [0.25, 0.3) is 0 Å². The first-order chi connectivity index (χ1) is 8.07. The fourth-order valence-electron chi connectivity index (χ4n) is 1.85. The molecule has 1 N–H and O–H groups in total. The fourth-order valence-corrected chi connectivity index (χ4v) is 1.85. The van der Waals surface area contributed by atoms with Crippen LogP contribution >= 0.6 is 0 Å². The molecule has 0 aromatic heterocycles. The molecule has 0 bridgehead atoms. The summed E-state index contributed by atoms with van der Waals surface area (Å²) in [7, 11) is 0. The third kappa shape index (κ3) is 2.26. The molecule has 0 atom stereocenters. The van der Waals surface area contributed by atoms with Crippen molar-refractivity contribution in [1.29, 1.82) is 5.26 Å². The lowest BCUT2D eigenvalue weighted by Gasteiger charge is -2.17. The predicted octanol–water partition coefficient (Wildman–Crippen LogP) is 1.98. The van der Waals surface area contributed by atoms with Crippen LogP contribution in [0.4, 0.5) is 8.78 Å². The Morgan fingerprint density at radius 2 is 2.18 bits per heavy atom. The molecule has 0 radical (unpaired) electrons. The van der Waals surface area contributed by atoms with Crippen LogP contribution in [0.2, 0.25) is 0 Å². The Balaban J connectivity index is 2.21. The summed E-state index contributed by atoms with van der Waals surface area (Å²) in [5, 5.41) is 11.0. The van der Waals surface area contributed by atoms with Gasteiger partial charge in [-0.1, -0.05) is 6.07 Å². The molecule has 2 rings (SSSR count). The number of nitrogens with zero attached hydrogens (tertiary/aromatic N) is 1. The summed E-state index contributed by atoms with van der Waals surface area (Å²) in [6, 6.07) is 5.02. The third-order valence-electron chi connectivity index (χ3n) is 2.82. The van der Waals surface area contributed by atoms with Crippen molar-refractivity contribution in [3.8, 4) is 6.07 Å². The number of hydrogen-bond donors (Lipinski definition) is 1. The zero-order chi connectivity index (χ0) is 12.5. The van der Waals surface area contributed by atoms with E-state index in [0.29, 0.717) is 12.8 Å². The first kappa shape index (κ1) is 11.5. The monoisotopic (exact) mass is 236 g/mol. The van der Waals surface area contributed by atoms with Gasteiger partial charge in [0.25, 0.3) is 0 Å². The normalized spacial score (nSPS) is 16.1. The van der Waals surface area contributed by atoms with E-state index in [1.165, 1.54) is 6.07 Å². The van der Waals surface area contributed by atoms with Gasteiger partial charge < -0.3 is 5.32 Å². The highest BCUT2D eigenvalue weighted by Gasteiger charge is 2.47. The zero-order valence-corrected chi connectivity index (χ0v) is 8.96. The van der Waals surface area contributed by atoms with Crippen LogP contribution in [0.3, 0.4) is 0 Å². The van der Waals surface area contributed by atoms with Crippen molar-refractivity contribution in [3.63, 3.8) is 0 Å². The van der Waals surface area contributed by atoms with E-state index in [0.717, 1.165) is 12.1 Å². The maximum Gasteiger partial charge on any atom is 0.234 e. The average Bonchev–Trinajstić information content (AvgIpc) is 2.98. The molecule has 0 aliphatic heterocycles. The second-order valence-corrected chi connectivity index (χ2v) is 4.09. The van der Waals surface area contributed by atoms with E-state index in [4.69, 9.17) is 5.26 Å². The molecule has 3 nitrogen and oxygen atoms in total. The van der Waals surface area contributed by atoms with Gasteiger partial charge in [0.1, 0.15) is 18.1 Å². The Bertz CT molecular complexity index is 504. The molecule has 1 aliphatic rings. The van der Waals surface area contributed by atoms with Crippen molar-refractivity contribution >= 4 is 5.91 Å². The molecule has 1 aromatic carbocycles. The molecule has 17 heavy (non-hydrogen) atoms. The molecule has 1 aliphatic carbocycles. The summed E-state index contributed by atoms with van der Waals surface area (Å²) in [6.07, 6.45) is 0.948.